The molecule has 2 unspecified atom stereocenters. The van der Waals surface area contributed by atoms with Crippen LogP contribution in [0.15, 0.2) is 0 Å². The zero-order valence-corrected chi connectivity index (χ0v) is 7.03. The Morgan fingerprint density at radius 3 is 2.83 bits per heavy atom. The lowest BCUT2D eigenvalue weighted by molar-refractivity contribution is -0.127. The maximum Gasteiger partial charge on any atom is 0.161 e. The molecule has 0 saturated heterocycles. The van der Waals surface area contributed by atoms with E-state index in [1.165, 1.54) is 0 Å². The molecule has 1 saturated carbocycles. The van der Waals surface area contributed by atoms with Crippen LogP contribution in [-0.2, 0) is 9.59 Å². The Kier molecular flexibility index (Phi) is 3.41. The summed E-state index contributed by atoms with van der Waals surface area (Å²) in [7, 11) is 0. The Morgan fingerprint density at radius 1 is 1.50 bits per heavy atom. The van der Waals surface area contributed by atoms with Crippen molar-refractivity contribution in [2.45, 2.75) is 25.7 Å². The highest BCUT2D eigenvalue weighted by atomic mass is 16.3. The minimum Gasteiger partial charge on any atom is -0.389 e. The molecule has 1 aliphatic rings. The summed E-state index contributed by atoms with van der Waals surface area (Å²) in [6, 6.07) is 0. The van der Waals surface area contributed by atoms with Gasteiger partial charge in [-0.15, -0.1) is 0 Å². The van der Waals surface area contributed by atoms with Crippen molar-refractivity contribution in [1.82, 2.24) is 0 Å². The summed E-state index contributed by atoms with van der Waals surface area (Å²) in [5, 5.41) is 8.61. The van der Waals surface area contributed by atoms with Gasteiger partial charge in [0, 0.05) is 11.8 Å². The SMILES string of the molecule is O=CC1CCCC(C(=O)CO)C1. The van der Waals surface area contributed by atoms with Crippen LogP contribution in [-0.4, -0.2) is 23.8 Å². The monoisotopic (exact) mass is 170 g/mol. The van der Waals surface area contributed by atoms with Gasteiger partial charge in [0.1, 0.15) is 12.9 Å². The Hall–Kier alpha value is -0.700. The molecule has 0 aromatic rings. The summed E-state index contributed by atoms with van der Waals surface area (Å²) in [6.07, 6.45) is 4.24. The van der Waals surface area contributed by atoms with Crippen molar-refractivity contribution in [3.63, 3.8) is 0 Å². The summed E-state index contributed by atoms with van der Waals surface area (Å²) in [5.74, 6) is -0.139. The van der Waals surface area contributed by atoms with Crippen molar-refractivity contribution >= 4 is 12.1 Å². The summed E-state index contributed by atoms with van der Waals surface area (Å²) in [5.41, 5.74) is 0. The first-order valence-corrected chi connectivity index (χ1v) is 4.36. The molecule has 3 nitrogen and oxygen atoms in total. The molecule has 1 fully saturated rings. The number of carbonyl (C=O) groups excluding carboxylic acids is 2. The van der Waals surface area contributed by atoms with Crippen molar-refractivity contribution in [3.8, 4) is 0 Å². The van der Waals surface area contributed by atoms with E-state index < -0.39 is 0 Å². The molecule has 0 radical (unpaired) electrons. The summed E-state index contributed by atoms with van der Waals surface area (Å²) in [6.45, 7) is -0.379. The minimum absolute atomic E-state index is 0.0410. The second-order valence-electron chi connectivity index (χ2n) is 3.38. The van der Waals surface area contributed by atoms with Gasteiger partial charge in [-0.2, -0.15) is 0 Å². The molecule has 0 bridgehead atoms. The highest BCUT2D eigenvalue weighted by Crippen LogP contribution is 2.28. The quantitative estimate of drug-likeness (QED) is 0.629. The third-order valence-electron chi connectivity index (χ3n) is 2.52. The first-order chi connectivity index (χ1) is 5.77. The van der Waals surface area contributed by atoms with Gasteiger partial charge < -0.3 is 9.90 Å². The average Bonchev–Trinajstić information content (AvgIpc) is 2.17. The zero-order valence-electron chi connectivity index (χ0n) is 7.03. The standard InChI is InChI=1S/C9H14O3/c10-5-7-2-1-3-8(4-7)9(12)6-11/h5,7-8,11H,1-4,6H2. The molecule has 1 N–H and O–H groups in total. The van der Waals surface area contributed by atoms with Gasteiger partial charge in [0.25, 0.3) is 0 Å². The number of rotatable bonds is 3. The number of Topliss-reactive ketones (excluding diaryl/α,β-unsaturated/α-hetero) is 1. The van der Waals surface area contributed by atoms with Crippen LogP contribution in [0.1, 0.15) is 25.7 Å². The van der Waals surface area contributed by atoms with E-state index in [2.05, 4.69) is 0 Å². The van der Waals surface area contributed by atoms with E-state index in [1.54, 1.807) is 0 Å². The van der Waals surface area contributed by atoms with Crippen molar-refractivity contribution in [3.05, 3.63) is 0 Å². The highest BCUT2D eigenvalue weighted by Gasteiger charge is 2.25. The van der Waals surface area contributed by atoms with Crippen LogP contribution in [0.5, 0.6) is 0 Å². The average molecular weight is 170 g/mol. The third-order valence-corrected chi connectivity index (χ3v) is 2.52. The molecule has 0 spiro atoms. The van der Waals surface area contributed by atoms with Gasteiger partial charge in [-0.3, -0.25) is 4.79 Å². The molecule has 0 heterocycles. The predicted molar refractivity (Wildman–Crippen MR) is 43.6 cm³/mol. The number of ketones is 1. The lowest BCUT2D eigenvalue weighted by Crippen LogP contribution is -2.25. The minimum atomic E-state index is -0.379. The van der Waals surface area contributed by atoms with E-state index in [-0.39, 0.29) is 24.2 Å². The second kappa shape index (κ2) is 4.36. The molecule has 0 amide bonds. The van der Waals surface area contributed by atoms with Crippen LogP contribution in [0.2, 0.25) is 0 Å². The van der Waals surface area contributed by atoms with Crippen LogP contribution in [0.3, 0.4) is 0 Å². The largest absolute Gasteiger partial charge is 0.389 e. The van der Waals surface area contributed by atoms with Crippen LogP contribution in [0.25, 0.3) is 0 Å². The van der Waals surface area contributed by atoms with E-state index in [0.717, 1.165) is 25.5 Å². The predicted octanol–water partition coefficient (Wildman–Crippen LogP) is 0.553. The molecular weight excluding hydrogens is 156 g/mol. The summed E-state index contributed by atoms with van der Waals surface area (Å²) < 4.78 is 0. The van der Waals surface area contributed by atoms with E-state index in [4.69, 9.17) is 5.11 Å². The van der Waals surface area contributed by atoms with Crippen LogP contribution in [0, 0.1) is 11.8 Å². The second-order valence-corrected chi connectivity index (χ2v) is 3.38. The first kappa shape index (κ1) is 9.39. The number of aldehydes is 1. The van der Waals surface area contributed by atoms with Crippen LogP contribution < -0.4 is 0 Å². The van der Waals surface area contributed by atoms with Gasteiger partial charge in [0.05, 0.1) is 0 Å². The topological polar surface area (TPSA) is 54.4 Å². The van der Waals surface area contributed by atoms with Gasteiger partial charge in [-0.05, 0) is 19.3 Å². The lowest BCUT2D eigenvalue weighted by Gasteiger charge is -2.23. The first-order valence-electron chi connectivity index (χ1n) is 4.36. The normalized spacial score (nSPS) is 29.8. The van der Waals surface area contributed by atoms with Crippen LogP contribution in [0.4, 0.5) is 0 Å². The smallest absolute Gasteiger partial charge is 0.161 e. The number of carbonyl (C=O) groups is 2. The van der Waals surface area contributed by atoms with Crippen molar-refractivity contribution < 1.29 is 14.7 Å². The number of hydrogen-bond acceptors (Lipinski definition) is 3. The molecule has 0 aliphatic heterocycles. The molecule has 1 aliphatic carbocycles. The Labute approximate surface area is 71.8 Å². The van der Waals surface area contributed by atoms with Gasteiger partial charge >= 0.3 is 0 Å². The molecule has 1 rings (SSSR count). The van der Waals surface area contributed by atoms with E-state index in [1.807, 2.05) is 0 Å². The van der Waals surface area contributed by atoms with Gasteiger partial charge in [-0.25, -0.2) is 0 Å². The zero-order chi connectivity index (χ0) is 8.97. The Balaban J connectivity index is 2.45. The molecule has 0 aromatic carbocycles. The fraction of sp³-hybridized carbons (Fsp3) is 0.778. The lowest BCUT2D eigenvalue weighted by atomic mass is 9.80. The maximum atomic E-state index is 11.1. The molecule has 2 atom stereocenters. The van der Waals surface area contributed by atoms with Gasteiger partial charge in [-0.1, -0.05) is 6.42 Å². The molecule has 0 aromatic heterocycles. The van der Waals surface area contributed by atoms with Gasteiger partial charge in [0.15, 0.2) is 5.78 Å². The number of aliphatic hydroxyl groups is 1. The fourth-order valence-corrected chi connectivity index (χ4v) is 1.77. The molecule has 12 heavy (non-hydrogen) atoms. The summed E-state index contributed by atoms with van der Waals surface area (Å²) in [4.78, 5) is 21.5. The third kappa shape index (κ3) is 2.14. The van der Waals surface area contributed by atoms with Crippen molar-refractivity contribution in [1.29, 1.82) is 0 Å². The molecule has 3 heteroatoms. The Morgan fingerprint density at radius 2 is 2.25 bits per heavy atom. The fourth-order valence-electron chi connectivity index (χ4n) is 1.77. The van der Waals surface area contributed by atoms with E-state index in [0.29, 0.717) is 6.42 Å². The summed E-state index contributed by atoms with van der Waals surface area (Å²) >= 11 is 0. The molecule has 68 valence electrons. The van der Waals surface area contributed by atoms with E-state index >= 15 is 0 Å². The maximum absolute atomic E-state index is 11.1. The molecular formula is C9H14O3. The van der Waals surface area contributed by atoms with Gasteiger partial charge in [0.2, 0.25) is 0 Å². The highest BCUT2D eigenvalue weighted by molar-refractivity contribution is 5.82. The van der Waals surface area contributed by atoms with E-state index in [9.17, 15) is 9.59 Å². The Bertz CT molecular complexity index is 177. The number of hydrogen-bond donors (Lipinski definition) is 1. The van der Waals surface area contributed by atoms with Crippen molar-refractivity contribution in [2.75, 3.05) is 6.61 Å². The van der Waals surface area contributed by atoms with Crippen LogP contribution >= 0.6 is 0 Å². The number of aliphatic hydroxyl groups excluding tert-OH is 1. The van der Waals surface area contributed by atoms with Crippen molar-refractivity contribution in [2.24, 2.45) is 11.8 Å².